The molecule has 0 saturated carbocycles. The van der Waals surface area contributed by atoms with Gasteiger partial charge in [0.15, 0.2) is 0 Å². The minimum atomic E-state index is -0.408. The number of halogens is 1. The van der Waals surface area contributed by atoms with E-state index in [1.54, 1.807) is 17.4 Å². The highest BCUT2D eigenvalue weighted by atomic mass is 79.9. The van der Waals surface area contributed by atoms with Gasteiger partial charge in [-0.1, -0.05) is 18.2 Å². The van der Waals surface area contributed by atoms with E-state index in [2.05, 4.69) is 15.9 Å². The summed E-state index contributed by atoms with van der Waals surface area (Å²) in [5, 5.41) is 0. The standard InChI is InChI=1S/C15H13BrO3S/c1-18-12-5-3-4-10(14(12)15(17)19-2)6-7-11-8-9-13(16)20-11/h3-9H,1-2H3/b7-6+. The SMILES string of the molecule is COC(=O)c1c(/C=C/c2ccc(Br)s2)cccc1OC. The van der Waals surface area contributed by atoms with Crippen LogP contribution in [0.4, 0.5) is 0 Å². The third-order valence-corrected chi connectivity index (χ3v) is 4.28. The average molecular weight is 353 g/mol. The highest BCUT2D eigenvalue weighted by Gasteiger charge is 2.16. The zero-order chi connectivity index (χ0) is 14.5. The fourth-order valence-corrected chi connectivity index (χ4v) is 3.09. The van der Waals surface area contributed by atoms with Gasteiger partial charge in [0.05, 0.1) is 18.0 Å². The number of esters is 1. The van der Waals surface area contributed by atoms with Gasteiger partial charge in [-0.15, -0.1) is 11.3 Å². The average Bonchev–Trinajstić information content (AvgIpc) is 2.89. The fourth-order valence-electron chi connectivity index (χ4n) is 1.77. The Bertz CT molecular complexity index is 646. The molecule has 0 aliphatic carbocycles. The molecule has 2 rings (SSSR count). The number of methoxy groups -OCH3 is 2. The van der Waals surface area contributed by atoms with Crippen molar-refractivity contribution in [3.8, 4) is 5.75 Å². The summed E-state index contributed by atoms with van der Waals surface area (Å²) in [5.41, 5.74) is 1.20. The lowest BCUT2D eigenvalue weighted by atomic mass is 10.1. The summed E-state index contributed by atoms with van der Waals surface area (Å²) < 4.78 is 11.1. The van der Waals surface area contributed by atoms with Crippen LogP contribution in [0.25, 0.3) is 12.2 Å². The zero-order valence-corrected chi connectivity index (χ0v) is 13.5. The van der Waals surface area contributed by atoms with Crippen LogP contribution < -0.4 is 4.74 Å². The van der Waals surface area contributed by atoms with Crippen LogP contribution in [0.2, 0.25) is 0 Å². The first-order valence-electron chi connectivity index (χ1n) is 5.84. The molecule has 1 heterocycles. The van der Waals surface area contributed by atoms with Crippen LogP contribution in [-0.4, -0.2) is 20.2 Å². The molecule has 0 unspecified atom stereocenters. The summed E-state index contributed by atoms with van der Waals surface area (Å²) in [4.78, 5) is 13.0. The quantitative estimate of drug-likeness (QED) is 0.761. The van der Waals surface area contributed by atoms with Crippen molar-refractivity contribution in [1.29, 1.82) is 0 Å². The third-order valence-electron chi connectivity index (χ3n) is 2.69. The van der Waals surface area contributed by atoms with Gasteiger partial charge in [-0.25, -0.2) is 4.79 Å². The topological polar surface area (TPSA) is 35.5 Å². The predicted molar refractivity (Wildman–Crippen MR) is 85.3 cm³/mol. The minimum absolute atomic E-state index is 0.408. The van der Waals surface area contributed by atoms with Crippen molar-refractivity contribution in [2.45, 2.75) is 0 Å². The van der Waals surface area contributed by atoms with Gasteiger partial charge in [0.1, 0.15) is 11.3 Å². The Kier molecular flexibility index (Phi) is 4.98. The maximum atomic E-state index is 11.9. The molecule has 0 spiro atoms. The Hall–Kier alpha value is -1.59. The molecule has 5 heteroatoms. The first-order chi connectivity index (χ1) is 9.65. The van der Waals surface area contributed by atoms with E-state index in [4.69, 9.17) is 9.47 Å². The second kappa shape index (κ2) is 6.72. The van der Waals surface area contributed by atoms with Gasteiger partial charge in [0, 0.05) is 4.88 Å². The number of thiophene rings is 1. The zero-order valence-electron chi connectivity index (χ0n) is 11.1. The largest absolute Gasteiger partial charge is 0.496 e. The molecule has 0 N–H and O–H groups in total. The summed E-state index contributed by atoms with van der Waals surface area (Å²) in [6, 6.07) is 9.43. The van der Waals surface area contributed by atoms with Crippen LogP contribution >= 0.6 is 27.3 Å². The van der Waals surface area contributed by atoms with Gasteiger partial charge < -0.3 is 9.47 Å². The van der Waals surface area contributed by atoms with Crippen molar-refractivity contribution in [3.05, 3.63) is 50.1 Å². The summed E-state index contributed by atoms with van der Waals surface area (Å²) in [6.45, 7) is 0. The number of rotatable bonds is 4. The molecule has 104 valence electrons. The van der Waals surface area contributed by atoms with E-state index >= 15 is 0 Å². The lowest BCUT2D eigenvalue weighted by Gasteiger charge is -2.09. The van der Waals surface area contributed by atoms with Crippen LogP contribution in [0.15, 0.2) is 34.1 Å². The molecule has 1 aromatic carbocycles. The van der Waals surface area contributed by atoms with Crippen LogP contribution in [0, 0.1) is 0 Å². The lowest BCUT2D eigenvalue weighted by Crippen LogP contribution is -2.06. The Balaban J connectivity index is 2.40. The molecule has 0 fully saturated rings. The maximum absolute atomic E-state index is 11.9. The molecule has 0 amide bonds. The lowest BCUT2D eigenvalue weighted by molar-refractivity contribution is 0.0597. The van der Waals surface area contributed by atoms with E-state index in [1.807, 2.05) is 36.4 Å². The number of ether oxygens (including phenoxy) is 2. The molecule has 0 saturated heterocycles. The number of hydrogen-bond acceptors (Lipinski definition) is 4. The van der Waals surface area contributed by atoms with Crippen molar-refractivity contribution < 1.29 is 14.3 Å². The van der Waals surface area contributed by atoms with E-state index in [0.29, 0.717) is 11.3 Å². The fraction of sp³-hybridized carbons (Fsp3) is 0.133. The Morgan fingerprint density at radius 2 is 2.00 bits per heavy atom. The van der Waals surface area contributed by atoms with Crippen molar-refractivity contribution in [2.75, 3.05) is 14.2 Å². The normalized spacial score (nSPS) is 10.8. The summed E-state index contributed by atoms with van der Waals surface area (Å²) in [7, 11) is 2.89. The summed E-state index contributed by atoms with van der Waals surface area (Å²) in [5.74, 6) is 0.0980. The first kappa shape index (κ1) is 14.8. The van der Waals surface area contributed by atoms with Gasteiger partial charge in [-0.05, 0) is 45.8 Å². The second-order valence-electron chi connectivity index (χ2n) is 3.89. The molecule has 20 heavy (non-hydrogen) atoms. The van der Waals surface area contributed by atoms with Gasteiger partial charge in [0.25, 0.3) is 0 Å². The minimum Gasteiger partial charge on any atom is -0.496 e. The van der Waals surface area contributed by atoms with E-state index < -0.39 is 5.97 Å². The van der Waals surface area contributed by atoms with E-state index in [9.17, 15) is 4.79 Å². The number of benzene rings is 1. The Morgan fingerprint density at radius 3 is 2.60 bits per heavy atom. The summed E-state index contributed by atoms with van der Waals surface area (Å²) >= 11 is 5.04. The van der Waals surface area contributed by atoms with Crippen molar-refractivity contribution >= 4 is 45.4 Å². The summed E-state index contributed by atoms with van der Waals surface area (Å²) in [6.07, 6.45) is 3.84. The highest BCUT2D eigenvalue weighted by Crippen LogP contribution is 2.27. The Morgan fingerprint density at radius 1 is 1.20 bits per heavy atom. The molecular weight excluding hydrogens is 340 g/mol. The van der Waals surface area contributed by atoms with E-state index in [1.165, 1.54) is 14.2 Å². The molecule has 0 aliphatic heterocycles. The molecule has 1 aromatic heterocycles. The molecular formula is C15H13BrO3S. The third kappa shape index (κ3) is 3.29. The molecule has 0 radical (unpaired) electrons. The predicted octanol–water partition coefficient (Wildman–Crippen LogP) is 4.48. The van der Waals surface area contributed by atoms with Gasteiger partial charge >= 0.3 is 5.97 Å². The van der Waals surface area contributed by atoms with Gasteiger partial charge in [-0.3, -0.25) is 0 Å². The second-order valence-corrected chi connectivity index (χ2v) is 6.39. The smallest absolute Gasteiger partial charge is 0.342 e. The Labute approximate surface area is 130 Å². The van der Waals surface area contributed by atoms with Crippen molar-refractivity contribution in [1.82, 2.24) is 0 Å². The highest BCUT2D eigenvalue weighted by molar-refractivity contribution is 9.11. The molecule has 0 aliphatic rings. The monoisotopic (exact) mass is 352 g/mol. The van der Waals surface area contributed by atoms with E-state index in [0.717, 1.165) is 14.2 Å². The maximum Gasteiger partial charge on any atom is 0.342 e. The van der Waals surface area contributed by atoms with Crippen molar-refractivity contribution in [2.24, 2.45) is 0 Å². The van der Waals surface area contributed by atoms with Crippen LogP contribution in [0.1, 0.15) is 20.8 Å². The molecule has 3 nitrogen and oxygen atoms in total. The van der Waals surface area contributed by atoms with Gasteiger partial charge in [0.2, 0.25) is 0 Å². The molecule has 2 aromatic rings. The number of carbonyl (C=O) groups excluding carboxylic acids is 1. The molecule has 0 bridgehead atoms. The van der Waals surface area contributed by atoms with Crippen LogP contribution in [-0.2, 0) is 4.74 Å². The van der Waals surface area contributed by atoms with Crippen LogP contribution in [0.3, 0.4) is 0 Å². The van der Waals surface area contributed by atoms with Crippen molar-refractivity contribution in [3.63, 3.8) is 0 Å². The van der Waals surface area contributed by atoms with Gasteiger partial charge in [-0.2, -0.15) is 0 Å². The first-order valence-corrected chi connectivity index (χ1v) is 7.45. The number of carbonyl (C=O) groups is 1. The van der Waals surface area contributed by atoms with Crippen LogP contribution in [0.5, 0.6) is 5.75 Å². The molecule has 0 atom stereocenters. The number of hydrogen-bond donors (Lipinski definition) is 0. The van der Waals surface area contributed by atoms with E-state index in [-0.39, 0.29) is 0 Å².